The lowest BCUT2D eigenvalue weighted by atomic mass is 9.92. The van der Waals surface area contributed by atoms with Crippen LogP contribution in [0.5, 0.6) is 0 Å². The van der Waals surface area contributed by atoms with Gasteiger partial charge in [0.25, 0.3) is 0 Å². The molecule has 1 amide bonds. The fourth-order valence-electron chi connectivity index (χ4n) is 5.89. The van der Waals surface area contributed by atoms with Crippen LogP contribution in [0.3, 0.4) is 0 Å². The van der Waals surface area contributed by atoms with Crippen LogP contribution in [-0.4, -0.2) is 83.3 Å². The zero-order valence-electron chi connectivity index (χ0n) is 22.6. The highest BCUT2D eigenvalue weighted by Crippen LogP contribution is 2.51. The highest BCUT2D eigenvalue weighted by Gasteiger charge is 2.57. The van der Waals surface area contributed by atoms with Gasteiger partial charge in [-0.3, -0.25) is 14.5 Å². The Kier molecular flexibility index (Phi) is 7.67. The summed E-state index contributed by atoms with van der Waals surface area (Å²) in [7, 11) is 0. The Morgan fingerprint density at radius 2 is 1.93 bits per heavy atom. The van der Waals surface area contributed by atoms with Crippen molar-refractivity contribution >= 4 is 74.5 Å². The maximum absolute atomic E-state index is 16.0. The molecule has 2 saturated heterocycles. The molecule has 3 fully saturated rings. The number of aromatic carboxylic acids is 1. The van der Waals surface area contributed by atoms with Gasteiger partial charge in [-0.25, -0.2) is 18.4 Å². The number of halogens is 2. The zero-order valence-corrected chi connectivity index (χ0v) is 25.0. The number of aliphatic hydroxyl groups is 1. The number of fused-ring (bicyclic) bond motifs is 2. The molecule has 228 valence electrons. The second-order valence-electron chi connectivity index (χ2n) is 10.9. The van der Waals surface area contributed by atoms with E-state index >= 15 is 8.78 Å². The smallest absolute Gasteiger partial charge is 0.353 e. The molecule has 1 unspecified atom stereocenters. The zero-order chi connectivity index (χ0) is 30.9. The molecule has 1 aromatic heterocycles. The van der Waals surface area contributed by atoms with Gasteiger partial charge < -0.3 is 30.1 Å². The maximum Gasteiger partial charge on any atom is 0.353 e. The number of β-lactam (4-membered cyclic amide) rings is 1. The van der Waals surface area contributed by atoms with Crippen LogP contribution in [-0.2, 0) is 9.59 Å². The van der Waals surface area contributed by atoms with Gasteiger partial charge in [-0.2, -0.15) is 0 Å². The van der Waals surface area contributed by atoms with Crippen LogP contribution in [0.15, 0.2) is 27.7 Å². The lowest BCUT2D eigenvalue weighted by Crippen LogP contribution is -2.60. The summed E-state index contributed by atoms with van der Waals surface area (Å²) >= 11 is 7.86. The quantitative estimate of drug-likeness (QED) is 0.245. The fraction of sp³-hybridized carbons (Fsp3) is 0.444. The third-order valence-corrected chi connectivity index (χ3v) is 10.9. The van der Waals surface area contributed by atoms with Crippen molar-refractivity contribution in [1.82, 2.24) is 14.8 Å². The van der Waals surface area contributed by atoms with Crippen molar-refractivity contribution in [1.29, 1.82) is 0 Å². The number of aliphatic hydroxyl groups excluding tert-OH is 1. The summed E-state index contributed by atoms with van der Waals surface area (Å²) in [6.07, 6.45) is 2.09. The van der Waals surface area contributed by atoms with Gasteiger partial charge in [-0.05, 0) is 32.3 Å². The third kappa shape index (κ3) is 5.07. The van der Waals surface area contributed by atoms with Gasteiger partial charge in [0.1, 0.15) is 32.5 Å². The number of carbonyl (C=O) groups is 3. The molecule has 1 aliphatic carbocycles. The first kappa shape index (κ1) is 29.8. The van der Waals surface area contributed by atoms with Gasteiger partial charge in [-0.15, -0.1) is 11.8 Å². The summed E-state index contributed by atoms with van der Waals surface area (Å²) in [5.41, 5.74) is -2.00. The van der Waals surface area contributed by atoms with Crippen LogP contribution in [0, 0.1) is 17.6 Å². The molecule has 6 rings (SSSR count). The Hall–Kier alpha value is -3.21. The molecule has 0 bridgehead atoms. The first-order chi connectivity index (χ1) is 20.4. The number of aliphatic carboxylic acids is 1. The summed E-state index contributed by atoms with van der Waals surface area (Å²) in [6, 6.07) is 0.458. The van der Waals surface area contributed by atoms with E-state index in [0.29, 0.717) is 28.5 Å². The minimum Gasteiger partial charge on any atom is -0.477 e. The summed E-state index contributed by atoms with van der Waals surface area (Å²) in [6.45, 7) is 1.97. The number of amides is 1. The SMILES string of the molecule is C[C@H](O)[C@H]1C(=O)N2C(C(=O)O)=C(CSC(=S)NC3CCN(c4c(F)cc5c(=O)c(C(=O)O)cn(C6CC6)c5c4F)C3)S[C@@H]12. The number of anilines is 1. The van der Waals surface area contributed by atoms with E-state index in [1.165, 1.54) is 44.8 Å². The van der Waals surface area contributed by atoms with Crippen LogP contribution in [0.25, 0.3) is 10.9 Å². The van der Waals surface area contributed by atoms with Gasteiger partial charge in [0.15, 0.2) is 5.82 Å². The Morgan fingerprint density at radius 1 is 1.21 bits per heavy atom. The third-order valence-electron chi connectivity index (χ3n) is 8.09. The summed E-state index contributed by atoms with van der Waals surface area (Å²) in [4.78, 5) is 51.8. The highest BCUT2D eigenvalue weighted by molar-refractivity contribution is 8.23. The van der Waals surface area contributed by atoms with E-state index in [2.05, 4.69) is 5.32 Å². The molecule has 4 N–H and O–H groups in total. The van der Waals surface area contributed by atoms with Crippen molar-refractivity contribution in [2.75, 3.05) is 23.7 Å². The Bertz CT molecular complexity index is 1690. The first-order valence-corrected chi connectivity index (χ1v) is 15.8. The van der Waals surface area contributed by atoms with Crippen LogP contribution < -0.4 is 15.6 Å². The van der Waals surface area contributed by atoms with E-state index in [1.807, 2.05) is 0 Å². The minimum absolute atomic E-state index is 0.110. The van der Waals surface area contributed by atoms with Crippen molar-refractivity contribution in [2.45, 2.75) is 49.7 Å². The molecule has 1 aromatic carbocycles. The number of hydrogen-bond donors (Lipinski definition) is 4. The highest BCUT2D eigenvalue weighted by atomic mass is 32.2. The van der Waals surface area contributed by atoms with Crippen molar-refractivity contribution in [2.24, 2.45) is 5.92 Å². The van der Waals surface area contributed by atoms with Crippen LogP contribution in [0.2, 0.25) is 0 Å². The predicted molar refractivity (Wildman–Crippen MR) is 160 cm³/mol. The number of rotatable bonds is 8. The number of hydrogen-bond acceptors (Lipinski definition) is 9. The van der Waals surface area contributed by atoms with Gasteiger partial charge in [0.05, 0.1) is 22.9 Å². The second kappa shape index (κ2) is 11.1. The number of carbonyl (C=O) groups excluding carboxylic acids is 1. The Morgan fingerprint density at radius 3 is 2.56 bits per heavy atom. The van der Waals surface area contributed by atoms with E-state index < -0.39 is 57.9 Å². The molecule has 0 spiro atoms. The summed E-state index contributed by atoms with van der Waals surface area (Å²) in [5, 5.41) is 31.4. The monoisotopic (exact) mass is 652 g/mol. The second-order valence-corrected chi connectivity index (χ2v) is 13.8. The molecule has 0 radical (unpaired) electrons. The van der Waals surface area contributed by atoms with Gasteiger partial charge >= 0.3 is 11.9 Å². The molecule has 43 heavy (non-hydrogen) atoms. The lowest BCUT2D eigenvalue weighted by Gasteiger charge is -2.43. The van der Waals surface area contributed by atoms with Gasteiger partial charge in [0.2, 0.25) is 11.3 Å². The number of carboxylic acid groups (broad SMARTS) is 2. The molecule has 4 atom stereocenters. The molecular formula is C27H26F2N4O7S3. The predicted octanol–water partition coefficient (Wildman–Crippen LogP) is 2.71. The molecule has 2 aromatic rings. The normalized spacial score (nSPS) is 23.9. The summed E-state index contributed by atoms with van der Waals surface area (Å²) in [5.74, 6) is -5.50. The molecule has 11 nitrogen and oxygen atoms in total. The number of nitrogens with zero attached hydrogens (tertiary/aromatic N) is 3. The molecule has 16 heteroatoms. The van der Waals surface area contributed by atoms with E-state index in [0.717, 1.165) is 12.3 Å². The molecule has 4 aliphatic rings. The maximum atomic E-state index is 16.0. The van der Waals surface area contributed by atoms with Crippen LogP contribution in [0.1, 0.15) is 42.6 Å². The number of thioether (sulfide) groups is 2. The average molecular weight is 653 g/mol. The minimum atomic E-state index is -1.46. The topological polar surface area (TPSA) is 152 Å². The Labute approximate surface area is 256 Å². The van der Waals surface area contributed by atoms with E-state index in [4.69, 9.17) is 12.2 Å². The number of carboxylic acids is 2. The molecular weight excluding hydrogens is 627 g/mol. The summed E-state index contributed by atoms with van der Waals surface area (Å²) < 4.78 is 33.1. The van der Waals surface area contributed by atoms with Gasteiger partial charge in [-0.1, -0.05) is 24.0 Å². The molecule has 4 heterocycles. The standard InChI is InChI=1S/C27H26F2N4O7S3/c1-10(34)17-23(36)33-21(26(39)40)16(43-24(17)33)9-42-27(41)30-11-4-5-31(7-11)20-15(28)6-13-19(18(20)29)32(12-2-3-12)8-14(22(13)35)25(37)38/h6,8,10-12,17,24,34H,2-5,7,9H2,1H3,(H,30,41)(H,37,38)(H,39,40)/t10-,11?,17-,24-/m0/s1. The average Bonchev–Trinajstić information content (AvgIpc) is 3.59. The first-order valence-electron chi connectivity index (χ1n) is 13.5. The number of pyridine rings is 1. The van der Waals surface area contributed by atoms with Gasteiger partial charge in [0, 0.05) is 42.0 Å². The van der Waals surface area contributed by atoms with Crippen LogP contribution in [0.4, 0.5) is 14.5 Å². The lowest BCUT2D eigenvalue weighted by molar-refractivity contribution is -0.156. The van der Waals surface area contributed by atoms with Crippen LogP contribution >= 0.6 is 35.7 Å². The van der Waals surface area contributed by atoms with Crippen molar-refractivity contribution in [3.05, 3.63) is 50.3 Å². The fourth-order valence-corrected chi connectivity index (χ4v) is 8.73. The Balaban J connectivity index is 1.15. The van der Waals surface area contributed by atoms with Crippen molar-refractivity contribution in [3.8, 4) is 0 Å². The van der Waals surface area contributed by atoms with E-state index in [1.54, 1.807) is 0 Å². The molecule has 1 saturated carbocycles. The van der Waals surface area contributed by atoms with Crippen molar-refractivity contribution < 1.29 is 38.5 Å². The van der Waals surface area contributed by atoms with E-state index in [9.17, 15) is 34.5 Å². The number of benzene rings is 1. The number of nitrogens with one attached hydrogen (secondary N) is 1. The number of thiocarbonyl (C=S) groups is 1. The number of aromatic nitrogens is 1. The largest absolute Gasteiger partial charge is 0.477 e. The van der Waals surface area contributed by atoms with Crippen molar-refractivity contribution in [3.63, 3.8) is 0 Å². The molecule has 3 aliphatic heterocycles. The van der Waals surface area contributed by atoms with E-state index in [-0.39, 0.29) is 53.2 Å².